The van der Waals surface area contributed by atoms with Gasteiger partial charge in [-0.25, -0.2) is 4.68 Å². The van der Waals surface area contributed by atoms with Crippen LogP contribution in [0, 0.1) is 5.92 Å². The molecular formula is C24H33N3O7. The van der Waals surface area contributed by atoms with Gasteiger partial charge in [-0.1, -0.05) is 17.3 Å². The van der Waals surface area contributed by atoms with Gasteiger partial charge in [0.05, 0.1) is 25.5 Å². The number of methoxy groups -OCH3 is 1. The lowest BCUT2D eigenvalue weighted by Crippen LogP contribution is -2.59. The number of aromatic nitrogens is 3. The Morgan fingerprint density at radius 1 is 1.24 bits per heavy atom. The highest BCUT2D eigenvalue weighted by Crippen LogP contribution is 2.34. The summed E-state index contributed by atoms with van der Waals surface area (Å²) in [7, 11) is 1.59. The van der Waals surface area contributed by atoms with Crippen LogP contribution in [0.3, 0.4) is 0 Å². The molecular weight excluding hydrogens is 442 g/mol. The molecule has 0 radical (unpaired) electrons. The molecule has 0 spiro atoms. The minimum Gasteiger partial charge on any atom is -0.497 e. The summed E-state index contributed by atoms with van der Waals surface area (Å²) < 4.78 is 24.5. The van der Waals surface area contributed by atoms with Crippen LogP contribution in [0.2, 0.25) is 0 Å². The fourth-order valence-electron chi connectivity index (χ4n) is 3.96. The number of esters is 1. The summed E-state index contributed by atoms with van der Waals surface area (Å²) in [6.45, 7) is 8.42. The number of ketones is 1. The third-order valence-electron chi connectivity index (χ3n) is 5.37. The van der Waals surface area contributed by atoms with E-state index in [0.717, 1.165) is 5.56 Å². The predicted molar refractivity (Wildman–Crippen MR) is 122 cm³/mol. The first-order chi connectivity index (χ1) is 16.0. The number of benzene rings is 1. The third kappa shape index (κ3) is 6.62. The van der Waals surface area contributed by atoms with Gasteiger partial charge in [-0.2, -0.15) is 0 Å². The van der Waals surface area contributed by atoms with Crippen LogP contribution in [0.1, 0.15) is 41.0 Å². The van der Waals surface area contributed by atoms with Crippen molar-refractivity contribution >= 4 is 11.8 Å². The second-order valence-corrected chi connectivity index (χ2v) is 9.47. The summed E-state index contributed by atoms with van der Waals surface area (Å²) in [6, 6.07) is 7.42. The van der Waals surface area contributed by atoms with Gasteiger partial charge in [-0.05, 0) is 39.8 Å². The number of aliphatic hydroxyl groups excluding tert-OH is 1. The third-order valence-corrected chi connectivity index (χ3v) is 5.37. The molecule has 1 aliphatic heterocycles. The topological polar surface area (TPSA) is 122 Å². The Kier molecular flexibility index (Phi) is 8.06. The van der Waals surface area contributed by atoms with Crippen molar-refractivity contribution in [1.29, 1.82) is 0 Å². The number of hydrogen-bond acceptors (Lipinski definition) is 9. The molecule has 0 bridgehead atoms. The standard InChI is InChI=1S/C24H33N3O7/c1-14(28)10-18-21(30)22(32-15(2)29)20(33-23(18)34-24(3,4)5)13-27-12-19(25-26-27)16-8-7-9-17(11-16)31-6/h7-9,11-12,18,20-23,30H,10,13H2,1-6H3/t18-,20-,21?,22+,23?/m1/s1. The molecule has 186 valence electrons. The first-order valence-corrected chi connectivity index (χ1v) is 11.2. The molecule has 34 heavy (non-hydrogen) atoms. The molecule has 10 nitrogen and oxygen atoms in total. The highest BCUT2D eigenvalue weighted by Gasteiger charge is 2.49. The van der Waals surface area contributed by atoms with Crippen LogP contribution in [-0.2, 0) is 30.3 Å². The second-order valence-electron chi connectivity index (χ2n) is 9.47. The van der Waals surface area contributed by atoms with E-state index in [1.807, 2.05) is 45.0 Å². The maximum Gasteiger partial charge on any atom is 0.303 e. The molecule has 1 aromatic heterocycles. The molecule has 0 saturated carbocycles. The van der Waals surface area contributed by atoms with Crippen molar-refractivity contribution in [1.82, 2.24) is 15.0 Å². The van der Waals surface area contributed by atoms with Crippen molar-refractivity contribution in [2.45, 2.75) is 77.8 Å². The van der Waals surface area contributed by atoms with Gasteiger partial charge >= 0.3 is 5.97 Å². The summed E-state index contributed by atoms with van der Waals surface area (Å²) in [4.78, 5) is 23.7. The Bertz CT molecular complexity index is 1000. The molecule has 1 saturated heterocycles. The molecule has 5 atom stereocenters. The van der Waals surface area contributed by atoms with Crippen LogP contribution < -0.4 is 4.74 Å². The normalized spacial score (nSPS) is 25.1. The summed E-state index contributed by atoms with van der Waals surface area (Å²) in [5, 5.41) is 19.5. The highest BCUT2D eigenvalue weighted by molar-refractivity contribution is 5.75. The Labute approximate surface area is 199 Å². The zero-order chi connectivity index (χ0) is 25.0. The number of ether oxygens (including phenoxy) is 4. The van der Waals surface area contributed by atoms with Crippen LogP contribution >= 0.6 is 0 Å². The van der Waals surface area contributed by atoms with Crippen molar-refractivity contribution in [3.63, 3.8) is 0 Å². The molecule has 2 aromatic rings. The number of carbonyl (C=O) groups excluding carboxylic acids is 2. The van der Waals surface area contributed by atoms with Gasteiger partial charge in [0.15, 0.2) is 12.4 Å². The van der Waals surface area contributed by atoms with Crippen LogP contribution in [0.15, 0.2) is 30.5 Å². The van der Waals surface area contributed by atoms with Gasteiger partial charge in [-0.15, -0.1) is 5.10 Å². The minimum atomic E-state index is -1.17. The molecule has 0 amide bonds. The van der Waals surface area contributed by atoms with E-state index in [1.165, 1.54) is 13.8 Å². The maximum atomic E-state index is 11.9. The first kappa shape index (κ1) is 25.8. The van der Waals surface area contributed by atoms with E-state index in [1.54, 1.807) is 18.0 Å². The van der Waals surface area contributed by atoms with Gasteiger partial charge in [0.2, 0.25) is 0 Å². The molecule has 2 heterocycles. The quantitative estimate of drug-likeness (QED) is 0.573. The Hall–Kier alpha value is -2.82. The molecule has 0 aliphatic carbocycles. The Balaban J connectivity index is 1.87. The molecule has 1 aromatic carbocycles. The minimum absolute atomic E-state index is 0.0235. The Morgan fingerprint density at radius 2 is 1.97 bits per heavy atom. The lowest BCUT2D eigenvalue weighted by Gasteiger charge is -2.45. The Morgan fingerprint density at radius 3 is 2.59 bits per heavy atom. The smallest absolute Gasteiger partial charge is 0.303 e. The lowest BCUT2D eigenvalue weighted by molar-refractivity contribution is -0.307. The predicted octanol–water partition coefficient (Wildman–Crippen LogP) is 2.38. The van der Waals surface area contributed by atoms with Crippen LogP contribution in [0.5, 0.6) is 5.75 Å². The fourth-order valence-corrected chi connectivity index (χ4v) is 3.96. The van der Waals surface area contributed by atoms with Crippen LogP contribution in [-0.4, -0.2) is 69.2 Å². The van der Waals surface area contributed by atoms with Crippen molar-refractivity contribution in [2.24, 2.45) is 5.92 Å². The lowest BCUT2D eigenvalue weighted by atomic mass is 9.86. The highest BCUT2D eigenvalue weighted by atomic mass is 16.7. The number of Topliss-reactive ketones (excluding diaryl/α,β-unsaturated/α-hetero) is 1. The van der Waals surface area contributed by atoms with Crippen LogP contribution in [0.4, 0.5) is 0 Å². The van der Waals surface area contributed by atoms with Gasteiger partial charge in [0, 0.05) is 24.8 Å². The maximum absolute atomic E-state index is 11.9. The number of hydrogen-bond donors (Lipinski definition) is 1. The molecule has 3 rings (SSSR count). The number of rotatable bonds is 8. The number of carbonyl (C=O) groups is 2. The summed E-state index contributed by atoms with van der Waals surface area (Å²) >= 11 is 0. The van der Waals surface area contributed by atoms with E-state index < -0.39 is 42.1 Å². The molecule has 2 unspecified atom stereocenters. The van der Waals surface area contributed by atoms with Crippen molar-refractivity contribution in [3.05, 3.63) is 30.5 Å². The zero-order valence-corrected chi connectivity index (χ0v) is 20.4. The molecule has 10 heteroatoms. The second kappa shape index (κ2) is 10.6. The van der Waals surface area contributed by atoms with Gasteiger partial charge in [-0.3, -0.25) is 4.79 Å². The first-order valence-electron chi connectivity index (χ1n) is 11.2. The molecule has 1 N–H and O–H groups in total. The van der Waals surface area contributed by atoms with E-state index >= 15 is 0 Å². The summed E-state index contributed by atoms with van der Waals surface area (Å²) in [5.74, 6) is -0.695. The monoisotopic (exact) mass is 475 g/mol. The van der Waals surface area contributed by atoms with Crippen molar-refractivity contribution in [3.8, 4) is 17.0 Å². The average molecular weight is 476 g/mol. The number of nitrogens with zero attached hydrogens (tertiary/aromatic N) is 3. The van der Waals surface area contributed by atoms with E-state index in [-0.39, 0.29) is 18.7 Å². The molecule has 1 fully saturated rings. The molecule has 1 aliphatic rings. The van der Waals surface area contributed by atoms with Gasteiger partial charge in [0.25, 0.3) is 0 Å². The summed E-state index contributed by atoms with van der Waals surface area (Å²) in [5.41, 5.74) is 0.851. The van der Waals surface area contributed by atoms with Gasteiger partial charge in [0.1, 0.15) is 29.4 Å². The summed E-state index contributed by atoms with van der Waals surface area (Å²) in [6.07, 6.45) is -2.08. The largest absolute Gasteiger partial charge is 0.497 e. The van der Waals surface area contributed by atoms with E-state index in [9.17, 15) is 14.7 Å². The van der Waals surface area contributed by atoms with E-state index in [2.05, 4.69) is 10.3 Å². The van der Waals surface area contributed by atoms with Gasteiger partial charge < -0.3 is 28.8 Å². The number of aliphatic hydroxyl groups is 1. The van der Waals surface area contributed by atoms with Crippen molar-refractivity contribution < 1.29 is 33.6 Å². The average Bonchev–Trinajstić information content (AvgIpc) is 3.21. The fraction of sp³-hybridized carbons (Fsp3) is 0.583. The van der Waals surface area contributed by atoms with Crippen molar-refractivity contribution in [2.75, 3.05) is 7.11 Å². The van der Waals surface area contributed by atoms with Crippen LogP contribution in [0.25, 0.3) is 11.3 Å². The van der Waals surface area contributed by atoms with E-state index in [4.69, 9.17) is 18.9 Å². The zero-order valence-electron chi connectivity index (χ0n) is 20.4. The SMILES string of the molecule is COc1cccc(-c2cn(C[C@H]3OC(OC(C)(C)C)[C@H](CC(C)=O)C(O)[C@H]3OC(C)=O)nn2)c1. The van der Waals surface area contributed by atoms with E-state index in [0.29, 0.717) is 11.4 Å².